The highest BCUT2D eigenvalue weighted by atomic mass is 35.5. The average molecular weight is 336 g/mol. The van der Waals surface area contributed by atoms with Crippen LogP contribution in [-0.4, -0.2) is 16.9 Å². The summed E-state index contributed by atoms with van der Waals surface area (Å²) in [6.45, 7) is 3.80. The first-order chi connectivity index (χ1) is 10.5. The number of aryl methyl sites for hydroxylation is 2. The van der Waals surface area contributed by atoms with Gasteiger partial charge in [0.25, 0.3) is 0 Å². The number of nitrogens with zero attached hydrogens (tertiary/aromatic N) is 1. The van der Waals surface area contributed by atoms with Crippen molar-refractivity contribution in [3.05, 3.63) is 35.7 Å². The van der Waals surface area contributed by atoms with Crippen LogP contribution in [0, 0.1) is 19.8 Å². The number of aromatic nitrogens is 1. The van der Waals surface area contributed by atoms with E-state index < -0.39 is 0 Å². The summed E-state index contributed by atoms with van der Waals surface area (Å²) in [4.78, 5) is 16.7. The highest BCUT2D eigenvalue weighted by molar-refractivity contribution is 5.93. The zero-order chi connectivity index (χ0) is 15.7. The number of halogens is 1. The number of anilines is 1. The molecule has 1 fully saturated rings. The highest BCUT2D eigenvalue weighted by Crippen LogP contribution is 2.27. The Hall–Kier alpha value is -1.85. The second-order valence-corrected chi connectivity index (χ2v) is 6.00. The number of oxazole rings is 1. The van der Waals surface area contributed by atoms with Gasteiger partial charge in [-0.2, -0.15) is 0 Å². The van der Waals surface area contributed by atoms with Crippen molar-refractivity contribution in [3.8, 4) is 11.5 Å². The van der Waals surface area contributed by atoms with Gasteiger partial charge in [0.15, 0.2) is 0 Å². The molecule has 2 atom stereocenters. The number of rotatable bonds is 3. The monoisotopic (exact) mass is 335 g/mol. The molecule has 1 amide bonds. The van der Waals surface area contributed by atoms with E-state index >= 15 is 0 Å². The van der Waals surface area contributed by atoms with E-state index in [2.05, 4.69) is 10.3 Å². The Labute approximate surface area is 142 Å². The first-order valence-corrected chi connectivity index (χ1v) is 7.64. The maximum atomic E-state index is 12.3. The van der Waals surface area contributed by atoms with Crippen LogP contribution in [0.2, 0.25) is 0 Å². The molecule has 0 saturated heterocycles. The Kier molecular flexibility index (Phi) is 5.44. The van der Waals surface area contributed by atoms with Crippen molar-refractivity contribution in [1.82, 2.24) is 4.98 Å². The number of amides is 1. The fraction of sp³-hybridized carbons (Fsp3) is 0.412. The minimum absolute atomic E-state index is 0. The summed E-state index contributed by atoms with van der Waals surface area (Å²) in [5.41, 5.74) is 8.37. The second kappa shape index (κ2) is 7.15. The van der Waals surface area contributed by atoms with Crippen LogP contribution in [0.25, 0.3) is 11.5 Å². The third-order valence-electron chi connectivity index (χ3n) is 4.25. The Morgan fingerprint density at radius 1 is 1.35 bits per heavy atom. The number of benzene rings is 1. The quantitative estimate of drug-likeness (QED) is 0.900. The minimum atomic E-state index is 0. The Balaban J connectivity index is 0.00000192. The van der Waals surface area contributed by atoms with Crippen LogP contribution >= 0.6 is 12.4 Å². The lowest BCUT2D eigenvalue weighted by Gasteiger charge is -2.11. The maximum Gasteiger partial charge on any atom is 0.227 e. The maximum absolute atomic E-state index is 12.3. The molecule has 1 aromatic heterocycles. The van der Waals surface area contributed by atoms with E-state index in [-0.39, 0.29) is 30.3 Å². The van der Waals surface area contributed by atoms with Crippen LogP contribution < -0.4 is 11.1 Å². The Bertz CT molecular complexity index is 679. The van der Waals surface area contributed by atoms with Gasteiger partial charge in [-0.05, 0) is 51.3 Å². The van der Waals surface area contributed by atoms with Crippen molar-refractivity contribution < 1.29 is 9.21 Å². The summed E-state index contributed by atoms with van der Waals surface area (Å²) >= 11 is 0. The fourth-order valence-electron chi connectivity index (χ4n) is 2.83. The zero-order valence-corrected chi connectivity index (χ0v) is 14.2. The molecule has 0 radical (unpaired) electrons. The lowest BCUT2D eigenvalue weighted by atomic mass is 10.1. The molecule has 6 heteroatoms. The molecule has 1 heterocycles. The van der Waals surface area contributed by atoms with Crippen LogP contribution in [-0.2, 0) is 4.79 Å². The summed E-state index contributed by atoms with van der Waals surface area (Å²) in [7, 11) is 0. The van der Waals surface area contributed by atoms with E-state index in [1.807, 2.05) is 38.1 Å². The molecule has 3 N–H and O–H groups in total. The number of hydrogen-bond donors (Lipinski definition) is 2. The molecular formula is C17H22ClN3O2. The molecule has 0 aliphatic heterocycles. The normalized spacial score (nSPS) is 20.1. The molecule has 1 aliphatic rings. The van der Waals surface area contributed by atoms with Gasteiger partial charge in [-0.25, -0.2) is 4.98 Å². The van der Waals surface area contributed by atoms with Crippen molar-refractivity contribution >= 4 is 24.0 Å². The van der Waals surface area contributed by atoms with E-state index in [4.69, 9.17) is 10.2 Å². The van der Waals surface area contributed by atoms with Crippen molar-refractivity contribution in [2.45, 2.75) is 39.2 Å². The summed E-state index contributed by atoms with van der Waals surface area (Å²) in [6.07, 6.45) is 2.56. The summed E-state index contributed by atoms with van der Waals surface area (Å²) in [6, 6.07) is 7.73. The van der Waals surface area contributed by atoms with Gasteiger partial charge in [-0.3, -0.25) is 4.79 Å². The smallest absolute Gasteiger partial charge is 0.227 e. The first kappa shape index (κ1) is 17.5. The van der Waals surface area contributed by atoms with Gasteiger partial charge in [0.05, 0.1) is 5.69 Å². The number of carbonyl (C=O) groups is 1. The third kappa shape index (κ3) is 3.92. The number of carbonyl (C=O) groups excluding carboxylic acids is 1. The van der Waals surface area contributed by atoms with Gasteiger partial charge < -0.3 is 15.5 Å². The molecule has 1 aromatic carbocycles. The number of nitrogens with two attached hydrogens (primary N) is 1. The standard InChI is InChI=1S/C17H21N3O2.ClH/c1-10-11(2)22-17(19-10)13-4-3-5-15(9-13)20-16(21)12-6-7-14(18)8-12;/h3-5,9,12,14H,6-8,18H2,1-2H3,(H,20,21);1H. The molecule has 1 saturated carbocycles. The molecule has 2 unspecified atom stereocenters. The summed E-state index contributed by atoms with van der Waals surface area (Å²) in [5, 5.41) is 2.97. The summed E-state index contributed by atoms with van der Waals surface area (Å²) < 4.78 is 5.63. The van der Waals surface area contributed by atoms with E-state index in [1.165, 1.54) is 0 Å². The van der Waals surface area contributed by atoms with E-state index in [0.29, 0.717) is 5.89 Å². The number of nitrogens with one attached hydrogen (secondary N) is 1. The van der Waals surface area contributed by atoms with Crippen LogP contribution in [0.5, 0.6) is 0 Å². The lowest BCUT2D eigenvalue weighted by molar-refractivity contribution is -0.119. The Morgan fingerprint density at radius 3 is 2.74 bits per heavy atom. The van der Waals surface area contributed by atoms with Crippen LogP contribution in [0.3, 0.4) is 0 Å². The van der Waals surface area contributed by atoms with Crippen LogP contribution in [0.1, 0.15) is 30.7 Å². The molecule has 0 bridgehead atoms. The SMILES string of the molecule is Cc1nc(-c2cccc(NC(=O)C3CCC(N)C3)c2)oc1C.Cl. The van der Waals surface area contributed by atoms with Crippen molar-refractivity contribution in [3.63, 3.8) is 0 Å². The third-order valence-corrected chi connectivity index (χ3v) is 4.25. The molecular weight excluding hydrogens is 314 g/mol. The fourth-order valence-corrected chi connectivity index (χ4v) is 2.83. The predicted octanol–water partition coefficient (Wildman–Crippen LogP) is 3.45. The second-order valence-electron chi connectivity index (χ2n) is 6.00. The molecule has 124 valence electrons. The van der Waals surface area contributed by atoms with Gasteiger partial charge in [-0.15, -0.1) is 12.4 Å². The molecule has 23 heavy (non-hydrogen) atoms. The van der Waals surface area contributed by atoms with Crippen molar-refractivity contribution in [2.75, 3.05) is 5.32 Å². The van der Waals surface area contributed by atoms with E-state index in [0.717, 1.165) is 42.0 Å². The van der Waals surface area contributed by atoms with Gasteiger partial charge in [0.2, 0.25) is 11.8 Å². The zero-order valence-electron chi connectivity index (χ0n) is 13.3. The topological polar surface area (TPSA) is 81.2 Å². The van der Waals surface area contributed by atoms with E-state index in [9.17, 15) is 4.79 Å². The minimum Gasteiger partial charge on any atom is -0.441 e. The highest BCUT2D eigenvalue weighted by Gasteiger charge is 2.27. The Morgan fingerprint density at radius 2 is 2.13 bits per heavy atom. The van der Waals surface area contributed by atoms with Crippen molar-refractivity contribution in [1.29, 1.82) is 0 Å². The number of hydrogen-bond acceptors (Lipinski definition) is 4. The molecule has 5 nitrogen and oxygen atoms in total. The molecule has 0 spiro atoms. The largest absolute Gasteiger partial charge is 0.441 e. The van der Waals surface area contributed by atoms with Gasteiger partial charge in [-0.1, -0.05) is 6.07 Å². The first-order valence-electron chi connectivity index (χ1n) is 7.64. The van der Waals surface area contributed by atoms with Gasteiger partial charge >= 0.3 is 0 Å². The molecule has 2 aromatic rings. The lowest BCUT2D eigenvalue weighted by Crippen LogP contribution is -2.23. The van der Waals surface area contributed by atoms with Gasteiger partial charge in [0.1, 0.15) is 5.76 Å². The molecule has 3 rings (SSSR count). The average Bonchev–Trinajstić information content (AvgIpc) is 3.06. The van der Waals surface area contributed by atoms with E-state index in [1.54, 1.807) is 0 Å². The van der Waals surface area contributed by atoms with Crippen LogP contribution in [0.15, 0.2) is 28.7 Å². The summed E-state index contributed by atoms with van der Waals surface area (Å²) in [5.74, 6) is 1.45. The predicted molar refractivity (Wildman–Crippen MR) is 92.6 cm³/mol. The molecule has 1 aliphatic carbocycles. The van der Waals surface area contributed by atoms with Gasteiger partial charge in [0, 0.05) is 23.2 Å². The van der Waals surface area contributed by atoms with Crippen molar-refractivity contribution in [2.24, 2.45) is 11.7 Å². The van der Waals surface area contributed by atoms with Crippen LogP contribution in [0.4, 0.5) is 5.69 Å².